The minimum absolute atomic E-state index is 0.186. The number of benzene rings is 1. The molecule has 0 fully saturated rings. The van der Waals surface area contributed by atoms with E-state index in [4.69, 9.17) is 9.47 Å². The molecule has 0 aliphatic carbocycles. The van der Waals surface area contributed by atoms with Gasteiger partial charge < -0.3 is 9.47 Å². The van der Waals surface area contributed by atoms with Crippen LogP contribution in [0.1, 0.15) is 39.0 Å². The number of nitrogens with zero attached hydrogens (tertiary/aromatic N) is 2. The molecule has 2 aromatic heterocycles. The normalized spacial score (nSPS) is 10.6. The molecule has 8 heteroatoms. The van der Waals surface area contributed by atoms with Crippen LogP contribution in [0.5, 0.6) is 0 Å². The molecule has 3 rings (SSSR count). The molecule has 0 aliphatic rings. The van der Waals surface area contributed by atoms with E-state index in [2.05, 4.69) is 9.97 Å². The fraction of sp³-hybridized carbons (Fsp3) is 0.273. The van der Waals surface area contributed by atoms with Gasteiger partial charge in [-0.1, -0.05) is 30.3 Å². The van der Waals surface area contributed by atoms with Gasteiger partial charge in [-0.25, -0.2) is 14.8 Å². The first-order valence-electron chi connectivity index (χ1n) is 9.44. The monoisotopic (exact) mass is 442 g/mol. The van der Waals surface area contributed by atoms with E-state index in [-0.39, 0.29) is 19.0 Å². The Bertz CT molecular complexity index is 1030. The number of hydrogen-bond donors (Lipinski definition) is 0. The van der Waals surface area contributed by atoms with Gasteiger partial charge in [0.2, 0.25) is 0 Å². The van der Waals surface area contributed by atoms with Gasteiger partial charge >= 0.3 is 11.9 Å². The summed E-state index contributed by atoms with van der Waals surface area (Å²) in [5.74, 6) is -0.702. The lowest BCUT2D eigenvalue weighted by Gasteiger charge is -2.10. The highest BCUT2D eigenvalue weighted by Gasteiger charge is 2.21. The van der Waals surface area contributed by atoms with E-state index in [0.717, 1.165) is 21.7 Å². The Labute approximate surface area is 183 Å². The van der Waals surface area contributed by atoms with Gasteiger partial charge in [0.05, 0.1) is 24.3 Å². The van der Waals surface area contributed by atoms with Crippen LogP contribution in [-0.2, 0) is 27.3 Å². The number of thiazole rings is 1. The fourth-order valence-corrected chi connectivity index (χ4v) is 4.98. The molecule has 156 valence electrons. The van der Waals surface area contributed by atoms with Crippen molar-refractivity contribution in [2.24, 2.45) is 0 Å². The maximum Gasteiger partial charge on any atom is 0.341 e. The highest BCUT2D eigenvalue weighted by Crippen LogP contribution is 2.35. The average Bonchev–Trinajstić information content (AvgIpc) is 3.06. The van der Waals surface area contributed by atoms with Crippen molar-refractivity contribution in [3.63, 3.8) is 0 Å². The number of pyridine rings is 1. The van der Waals surface area contributed by atoms with Crippen molar-refractivity contribution in [2.75, 3.05) is 6.61 Å². The Balaban J connectivity index is 1.76. The first-order valence-corrected chi connectivity index (χ1v) is 11.1. The number of carbonyl (C=O) groups excluding carboxylic acids is 2. The second-order valence-electron chi connectivity index (χ2n) is 6.44. The molecule has 0 bridgehead atoms. The molecule has 0 N–H and O–H groups in total. The number of esters is 2. The Kier molecular flexibility index (Phi) is 7.59. The summed E-state index contributed by atoms with van der Waals surface area (Å²) >= 11 is 2.70. The fourth-order valence-electron chi connectivity index (χ4n) is 2.69. The smallest absolute Gasteiger partial charge is 0.341 e. The van der Waals surface area contributed by atoms with Crippen LogP contribution < -0.4 is 0 Å². The van der Waals surface area contributed by atoms with Gasteiger partial charge in [-0.05, 0) is 49.7 Å². The van der Waals surface area contributed by atoms with Crippen LogP contribution in [0.15, 0.2) is 52.0 Å². The summed E-state index contributed by atoms with van der Waals surface area (Å²) in [5.41, 5.74) is 2.90. The van der Waals surface area contributed by atoms with Crippen LogP contribution in [0.3, 0.4) is 0 Å². The molecular formula is C22H22N2O4S2. The van der Waals surface area contributed by atoms with E-state index < -0.39 is 5.97 Å². The maximum atomic E-state index is 12.8. The Morgan fingerprint density at radius 1 is 1.10 bits per heavy atom. The first kappa shape index (κ1) is 22.0. The molecule has 3 aromatic rings. The largest absolute Gasteiger partial charge is 0.466 e. The second kappa shape index (κ2) is 10.4. The SMILES string of the molecule is CCOC(=O)Cc1sc(Sc2nccc(C)c2C(=O)OCc2ccccc2)nc1C. The molecule has 0 amide bonds. The number of rotatable bonds is 8. The lowest BCUT2D eigenvalue weighted by molar-refractivity contribution is -0.142. The van der Waals surface area contributed by atoms with Crippen LogP contribution in [0, 0.1) is 13.8 Å². The topological polar surface area (TPSA) is 78.4 Å². The summed E-state index contributed by atoms with van der Waals surface area (Å²) in [7, 11) is 0. The molecule has 6 nitrogen and oxygen atoms in total. The van der Waals surface area contributed by atoms with E-state index in [1.54, 1.807) is 19.2 Å². The van der Waals surface area contributed by atoms with E-state index in [1.807, 2.05) is 44.2 Å². The summed E-state index contributed by atoms with van der Waals surface area (Å²) in [4.78, 5) is 34.3. The van der Waals surface area contributed by atoms with Crippen molar-refractivity contribution in [3.05, 3.63) is 69.9 Å². The molecule has 1 aromatic carbocycles. The summed E-state index contributed by atoms with van der Waals surface area (Å²) < 4.78 is 11.2. The third kappa shape index (κ3) is 5.67. The van der Waals surface area contributed by atoms with Crippen LogP contribution >= 0.6 is 23.1 Å². The Hall–Kier alpha value is -2.71. The van der Waals surface area contributed by atoms with Gasteiger partial charge in [0, 0.05) is 11.1 Å². The molecule has 0 aliphatic heterocycles. The second-order valence-corrected chi connectivity index (χ2v) is 8.76. The zero-order chi connectivity index (χ0) is 21.5. The molecule has 0 atom stereocenters. The standard InChI is InChI=1S/C22H22N2O4S2/c1-4-27-18(25)12-17-15(3)24-22(29-17)30-20-19(14(2)10-11-23-20)21(26)28-13-16-8-6-5-7-9-16/h5-11H,4,12-13H2,1-3H3. The molecular weight excluding hydrogens is 420 g/mol. The number of carbonyl (C=O) groups is 2. The van der Waals surface area contributed by atoms with Gasteiger partial charge in [-0.15, -0.1) is 11.3 Å². The number of aromatic nitrogens is 2. The molecule has 0 saturated carbocycles. The minimum atomic E-state index is -0.424. The molecule has 0 spiro atoms. The molecule has 2 heterocycles. The average molecular weight is 443 g/mol. The highest BCUT2D eigenvalue weighted by atomic mass is 32.2. The predicted octanol–water partition coefficient (Wildman–Crippen LogP) is 4.77. The highest BCUT2D eigenvalue weighted by molar-refractivity contribution is 8.01. The zero-order valence-electron chi connectivity index (χ0n) is 17.0. The Morgan fingerprint density at radius 3 is 2.60 bits per heavy atom. The zero-order valence-corrected chi connectivity index (χ0v) is 18.6. The third-order valence-electron chi connectivity index (χ3n) is 4.21. The molecule has 0 unspecified atom stereocenters. The Morgan fingerprint density at radius 2 is 1.87 bits per heavy atom. The van der Waals surface area contributed by atoms with E-state index >= 15 is 0 Å². The van der Waals surface area contributed by atoms with Gasteiger partial charge in [0.1, 0.15) is 11.6 Å². The van der Waals surface area contributed by atoms with Crippen molar-refractivity contribution in [3.8, 4) is 0 Å². The number of aryl methyl sites for hydroxylation is 2. The first-order chi connectivity index (χ1) is 14.5. The summed E-state index contributed by atoms with van der Waals surface area (Å²) in [6.07, 6.45) is 1.84. The lowest BCUT2D eigenvalue weighted by atomic mass is 10.1. The van der Waals surface area contributed by atoms with Gasteiger partial charge in [-0.2, -0.15) is 0 Å². The van der Waals surface area contributed by atoms with Crippen LogP contribution in [-0.4, -0.2) is 28.5 Å². The number of hydrogen-bond acceptors (Lipinski definition) is 8. The lowest BCUT2D eigenvalue weighted by Crippen LogP contribution is -2.09. The van der Waals surface area contributed by atoms with Gasteiger partial charge in [0.25, 0.3) is 0 Å². The van der Waals surface area contributed by atoms with Crippen molar-refractivity contribution in [1.82, 2.24) is 9.97 Å². The minimum Gasteiger partial charge on any atom is -0.466 e. The molecule has 30 heavy (non-hydrogen) atoms. The molecule has 0 radical (unpaired) electrons. The summed E-state index contributed by atoms with van der Waals surface area (Å²) in [6.45, 7) is 6.02. The van der Waals surface area contributed by atoms with Crippen LogP contribution in [0.25, 0.3) is 0 Å². The maximum absolute atomic E-state index is 12.8. The van der Waals surface area contributed by atoms with Gasteiger partial charge in [0.15, 0.2) is 4.34 Å². The van der Waals surface area contributed by atoms with Crippen molar-refractivity contribution >= 4 is 35.0 Å². The van der Waals surface area contributed by atoms with E-state index in [9.17, 15) is 9.59 Å². The van der Waals surface area contributed by atoms with Crippen LogP contribution in [0.2, 0.25) is 0 Å². The van der Waals surface area contributed by atoms with Gasteiger partial charge in [-0.3, -0.25) is 4.79 Å². The number of ether oxygens (including phenoxy) is 2. The van der Waals surface area contributed by atoms with Crippen molar-refractivity contribution in [1.29, 1.82) is 0 Å². The van der Waals surface area contributed by atoms with Crippen molar-refractivity contribution in [2.45, 2.75) is 43.2 Å². The van der Waals surface area contributed by atoms with Crippen LogP contribution in [0.4, 0.5) is 0 Å². The predicted molar refractivity (Wildman–Crippen MR) is 116 cm³/mol. The van der Waals surface area contributed by atoms with Crippen molar-refractivity contribution < 1.29 is 19.1 Å². The molecule has 0 saturated heterocycles. The summed E-state index contributed by atoms with van der Waals surface area (Å²) in [6, 6.07) is 11.3. The van der Waals surface area contributed by atoms with E-state index in [1.165, 1.54) is 23.1 Å². The third-order valence-corrected chi connectivity index (χ3v) is 6.43. The summed E-state index contributed by atoms with van der Waals surface area (Å²) in [5, 5.41) is 0.532. The van der Waals surface area contributed by atoms with E-state index in [0.29, 0.717) is 21.5 Å². The quantitative estimate of drug-likeness (QED) is 0.465.